The van der Waals surface area contributed by atoms with E-state index in [9.17, 15) is 13.4 Å². The lowest BCUT2D eigenvalue weighted by Gasteiger charge is -2.06. The van der Waals surface area contributed by atoms with E-state index in [1.807, 2.05) is 0 Å². The molecule has 0 fully saturated rings. The van der Waals surface area contributed by atoms with Crippen LogP contribution in [-0.4, -0.2) is 15.9 Å². The summed E-state index contributed by atoms with van der Waals surface area (Å²) in [5, 5.41) is 2.39. The van der Waals surface area contributed by atoms with E-state index < -0.39 is 22.5 Å². The van der Waals surface area contributed by atoms with Crippen LogP contribution >= 0.6 is 0 Å². The first-order valence-electron chi connectivity index (χ1n) is 5.84. The fourth-order valence-electron chi connectivity index (χ4n) is 1.57. The van der Waals surface area contributed by atoms with Gasteiger partial charge in [0.25, 0.3) is 0 Å². The summed E-state index contributed by atoms with van der Waals surface area (Å²) in [4.78, 5) is 12.2. The Bertz CT molecular complexity index is 644. The summed E-state index contributed by atoms with van der Waals surface area (Å²) in [6.07, 6.45) is 0. The van der Waals surface area contributed by atoms with Gasteiger partial charge in [-0.05, 0) is 36.4 Å². The van der Waals surface area contributed by atoms with Gasteiger partial charge in [0.05, 0.1) is 16.5 Å². The quantitative estimate of drug-likeness (QED) is 0.848. The molecule has 20 heavy (non-hydrogen) atoms. The lowest BCUT2D eigenvalue weighted by molar-refractivity contribution is -0.113. The normalized spacial score (nSPS) is 11.8. The number of rotatable bonds is 4. The molecule has 3 N–H and O–H groups in total. The van der Waals surface area contributed by atoms with Crippen molar-refractivity contribution < 1.29 is 13.4 Å². The first-order chi connectivity index (χ1) is 9.56. The highest BCUT2D eigenvalue weighted by Crippen LogP contribution is 2.13. The van der Waals surface area contributed by atoms with Crippen LogP contribution in [-0.2, 0) is 15.6 Å². The van der Waals surface area contributed by atoms with Crippen LogP contribution < -0.4 is 11.1 Å². The summed E-state index contributed by atoms with van der Waals surface area (Å²) >= 11 is 0. The van der Waals surface area contributed by atoms with Gasteiger partial charge in [0.1, 0.15) is 11.6 Å². The van der Waals surface area contributed by atoms with Gasteiger partial charge < -0.3 is 11.1 Å². The van der Waals surface area contributed by atoms with E-state index in [0.29, 0.717) is 10.6 Å². The van der Waals surface area contributed by atoms with Crippen molar-refractivity contribution in [1.82, 2.24) is 0 Å². The number of nitrogens with two attached hydrogens (primary N) is 1. The Labute approximate surface area is 118 Å². The number of para-hydroxylation sites is 1. The fraction of sp³-hybridized carbons (Fsp3) is 0.0714. The number of carbonyl (C=O) groups excluding carboxylic acids is 1. The van der Waals surface area contributed by atoms with Crippen molar-refractivity contribution in [3.8, 4) is 0 Å². The molecule has 1 unspecified atom stereocenters. The van der Waals surface area contributed by atoms with E-state index in [2.05, 4.69) is 5.32 Å². The van der Waals surface area contributed by atoms with Gasteiger partial charge in [-0.25, -0.2) is 4.39 Å². The van der Waals surface area contributed by atoms with Crippen molar-refractivity contribution in [2.24, 2.45) is 0 Å². The Morgan fingerprint density at radius 1 is 1.15 bits per heavy atom. The van der Waals surface area contributed by atoms with E-state index in [-0.39, 0.29) is 11.4 Å². The van der Waals surface area contributed by atoms with E-state index in [1.165, 1.54) is 18.2 Å². The number of carbonyl (C=O) groups is 1. The number of anilines is 2. The van der Waals surface area contributed by atoms with Crippen molar-refractivity contribution in [1.29, 1.82) is 0 Å². The van der Waals surface area contributed by atoms with E-state index in [4.69, 9.17) is 5.73 Å². The molecule has 4 nitrogen and oxygen atoms in total. The molecule has 6 heteroatoms. The Balaban J connectivity index is 2.00. The molecule has 2 rings (SSSR count). The molecule has 1 atom stereocenters. The maximum absolute atomic E-state index is 13.4. The smallest absolute Gasteiger partial charge is 0.237 e. The lowest BCUT2D eigenvalue weighted by atomic mass is 10.3. The number of benzene rings is 2. The van der Waals surface area contributed by atoms with Crippen LogP contribution in [0.1, 0.15) is 0 Å². The molecule has 0 spiro atoms. The van der Waals surface area contributed by atoms with Crippen LogP contribution in [0.5, 0.6) is 0 Å². The first kappa shape index (κ1) is 14.2. The predicted molar refractivity (Wildman–Crippen MR) is 77.2 cm³/mol. The first-order valence-corrected chi connectivity index (χ1v) is 7.16. The second kappa shape index (κ2) is 6.29. The number of nitrogen functional groups attached to an aromatic ring is 1. The second-order valence-corrected chi connectivity index (χ2v) is 5.54. The van der Waals surface area contributed by atoms with Gasteiger partial charge in [0.15, 0.2) is 0 Å². The largest absolute Gasteiger partial charge is 0.399 e. The number of halogens is 1. The van der Waals surface area contributed by atoms with Crippen LogP contribution in [0.3, 0.4) is 0 Å². The molecular weight excluding hydrogens is 279 g/mol. The van der Waals surface area contributed by atoms with Crippen molar-refractivity contribution >= 4 is 28.1 Å². The lowest BCUT2D eigenvalue weighted by Crippen LogP contribution is -2.20. The molecule has 0 aromatic heterocycles. The Kier molecular flexibility index (Phi) is 4.47. The highest BCUT2D eigenvalue weighted by molar-refractivity contribution is 7.85. The molecule has 0 aliphatic carbocycles. The van der Waals surface area contributed by atoms with Crippen LogP contribution in [0.4, 0.5) is 15.8 Å². The maximum Gasteiger partial charge on any atom is 0.237 e. The van der Waals surface area contributed by atoms with E-state index in [1.54, 1.807) is 30.3 Å². The van der Waals surface area contributed by atoms with Crippen LogP contribution in [0, 0.1) is 5.82 Å². The van der Waals surface area contributed by atoms with Gasteiger partial charge in [-0.15, -0.1) is 0 Å². The Morgan fingerprint density at radius 3 is 2.45 bits per heavy atom. The zero-order valence-electron chi connectivity index (χ0n) is 10.5. The number of nitrogens with one attached hydrogen (secondary N) is 1. The van der Waals surface area contributed by atoms with Crippen molar-refractivity contribution in [2.45, 2.75) is 4.90 Å². The highest BCUT2D eigenvalue weighted by Gasteiger charge is 2.12. The van der Waals surface area contributed by atoms with Gasteiger partial charge in [0.2, 0.25) is 5.91 Å². The number of hydrogen-bond donors (Lipinski definition) is 2. The van der Waals surface area contributed by atoms with Gasteiger partial charge in [-0.1, -0.05) is 12.1 Å². The van der Waals surface area contributed by atoms with Crippen LogP contribution in [0.15, 0.2) is 53.4 Å². The molecule has 0 bridgehead atoms. The molecule has 0 aliphatic rings. The van der Waals surface area contributed by atoms with Gasteiger partial charge >= 0.3 is 0 Å². The SMILES string of the molecule is Nc1ccc(S(=O)CC(=O)Nc2ccccc2F)cc1. The third-order valence-corrected chi connectivity index (χ3v) is 3.88. The minimum Gasteiger partial charge on any atom is -0.399 e. The zero-order valence-corrected chi connectivity index (χ0v) is 11.3. The molecule has 104 valence electrons. The molecule has 0 radical (unpaired) electrons. The fourth-order valence-corrected chi connectivity index (χ4v) is 2.49. The summed E-state index contributed by atoms with van der Waals surface area (Å²) < 4.78 is 25.3. The summed E-state index contributed by atoms with van der Waals surface area (Å²) in [7, 11) is -1.49. The van der Waals surface area contributed by atoms with Crippen molar-refractivity contribution in [3.05, 3.63) is 54.3 Å². The molecular formula is C14H13FN2O2S. The molecule has 0 saturated heterocycles. The average molecular weight is 292 g/mol. The highest BCUT2D eigenvalue weighted by atomic mass is 32.2. The monoisotopic (exact) mass is 292 g/mol. The summed E-state index contributed by atoms with van der Waals surface area (Å²) in [5.74, 6) is -1.28. The molecule has 0 heterocycles. The third-order valence-electron chi connectivity index (χ3n) is 2.55. The second-order valence-electron chi connectivity index (χ2n) is 4.09. The van der Waals surface area contributed by atoms with Gasteiger partial charge in [0, 0.05) is 10.6 Å². The summed E-state index contributed by atoms with van der Waals surface area (Å²) in [5.41, 5.74) is 6.16. The van der Waals surface area contributed by atoms with Crippen LogP contribution in [0.2, 0.25) is 0 Å². The minimum absolute atomic E-state index is 0.0757. The number of amides is 1. The molecule has 0 aliphatic heterocycles. The standard InChI is InChI=1S/C14H13FN2O2S/c15-12-3-1-2-4-13(12)17-14(18)9-20(19)11-7-5-10(16)6-8-11/h1-8H,9,16H2,(H,17,18). The maximum atomic E-state index is 13.4. The van der Waals surface area contributed by atoms with Crippen molar-refractivity contribution in [3.63, 3.8) is 0 Å². The Hall–Kier alpha value is -2.21. The third kappa shape index (κ3) is 3.64. The van der Waals surface area contributed by atoms with Crippen LogP contribution in [0.25, 0.3) is 0 Å². The number of hydrogen-bond acceptors (Lipinski definition) is 3. The topological polar surface area (TPSA) is 72.2 Å². The molecule has 0 saturated carbocycles. The molecule has 1 amide bonds. The minimum atomic E-state index is -1.49. The summed E-state index contributed by atoms with van der Waals surface area (Å²) in [6.45, 7) is 0. The molecule has 2 aromatic carbocycles. The molecule has 2 aromatic rings. The summed E-state index contributed by atoms with van der Waals surface area (Å²) in [6, 6.07) is 12.2. The average Bonchev–Trinajstić information content (AvgIpc) is 2.42. The zero-order chi connectivity index (χ0) is 14.5. The van der Waals surface area contributed by atoms with Gasteiger partial charge in [-0.3, -0.25) is 9.00 Å². The Morgan fingerprint density at radius 2 is 1.80 bits per heavy atom. The van der Waals surface area contributed by atoms with E-state index >= 15 is 0 Å². The van der Waals surface area contributed by atoms with E-state index in [0.717, 1.165) is 0 Å². The predicted octanol–water partition coefficient (Wildman–Crippen LogP) is 2.15. The van der Waals surface area contributed by atoms with Crippen molar-refractivity contribution in [2.75, 3.05) is 16.8 Å². The van der Waals surface area contributed by atoms with Gasteiger partial charge in [-0.2, -0.15) is 0 Å².